The quantitative estimate of drug-likeness (QED) is 0.902. The topological polar surface area (TPSA) is 28.2 Å². The molecule has 0 spiro atoms. The number of rotatable bonds is 5. The van der Waals surface area contributed by atoms with Gasteiger partial charge in [0.25, 0.3) is 0 Å². The van der Waals surface area contributed by atoms with Crippen molar-refractivity contribution in [2.24, 2.45) is 0 Å². The summed E-state index contributed by atoms with van der Waals surface area (Å²) in [5.41, 5.74) is -0.636. The van der Waals surface area contributed by atoms with Crippen molar-refractivity contribution in [3.8, 4) is 0 Å². The average Bonchev–Trinajstić information content (AvgIpc) is 2.90. The fraction of sp³-hybridized carbons (Fsp3) is 0.643. The van der Waals surface area contributed by atoms with Crippen molar-refractivity contribution < 1.29 is 13.2 Å². The van der Waals surface area contributed by atoms with E-state index in [1.54, 1.807) is 0 Å². The Morgan fingerprint density at radius 2 is 2.25 bits per heavy atom. The lowest BCUT2D eigenvalue weighted by molar-refractivity contribution is -0.137. The van der Waals surface area contributed by atoms with Gasteiger partial charge in [0.05, 0.1) is 5.56 Å². The number of pyridine rings is 1. The molecule has 2 rings (SSSR count). The molecule has 1 unspecified atom stereocenters. The van der Waals surface area contributed by atoms with E-state index >= 15 is 0 Å². The van der Waals surface area contributed by atoms with Crippen LogP contribution in [0.1, 0.15) is 31.7 Å². The lowest BCUT2D eigenvalue weighted by atomic mass is 10.2. The van der Waals surface area contributed by atoms with Crippen LogP contribution in [0.4, 0.5) is 19.0 Å². The van der Waals surface area contributed by atoms with Gasteiger partial charge in [-0.3, -0.25) is 0 Å². The maximum atomic E-state index is 12.8. The summed E-state index contributed by atoms with van der Waals surface area (Å²) in [5.74, 6) is 0.412. The molecular weight excluding hydrogens is 267 g/mol. The van der Waals surface area contributed by atoms with Gasteiger partial charge in [-0.05, 0) is 37.9 Å². The first-order valence-corrected chi connectivity index (χ1v) is 7.02. The molecule has 1 aromatic rings. The Balaban J connectivity index is 2.15. The molecule has 0 bridgehead atoms. The Kier molecular flexibility index (Phi) is 4.86. The van der Waals surface area contributed by atoms with Gasteiger partial charge in [0, 0.05) is 25.3 Å². The first kappa shape index (κ1) is 15.1. The third-order valence-electron chi connectivity index (χ3n) is 3.49. The van der Waals surface area contributed by atoms with E-state index in [1.165, 1.54) is 6.20 Å². The van der Waals surface area contributed by atoms with Crippen LogP contribution in [0.3, 0.4) is 0 Å². The van der Waals surface area contributed by atoms with E-state index in [9.17, 15) is 13.2 Å². The zero-order chi connectivity index (χ0) is 14.6. The average molecular weight is 287 g/mol. The van der Waals surface area contributed by atoms with Gasteiger partial charge in [-0.2, -0.15) is 13.2 Å². The van der Waals surface area contributed by atoms with Gasteiger partial charge in [0.1, 0.15) is 5.82 Å². The summed E-state index contributed by atoms with van der Waals surface area (Å²) in [7, 11) is 0. The van der Waals surface area contributed by atoms with E-state index in [4.69, 9.17) is 0 Å². The molecule has 0 saturated carbocycles. The number of alkyl halides is 3. The summed E-state index contributed by atoms with van der Waals surface area (Å²) < 4.78 is 38.3. The Morgan fingerprint density at radius 3 is 2.85 bits per heavy atom. The lowest BCUT2D eigenvalue weighted by Crippen LogP contribution is -2.38. The predicted octanol–water partition coefficient (Wildman–Crippen LogP) is 3.07. The molecule has 0 amide bonds. The highest BCUT2D eigenvalue weighted by Gasteiger charge is 2.31. The molecule has 20 heavy (non-hydrogen) atoms. The summed E-state index contributed by atoms with van der Waals surface area (Å²) >= 11 is 0. The first-order chi connectivity index (χ1) is 9.50. The number of hydrogen-bond donors (Lipinski definition) is 1. The number of aromatic nitrogens is 1. The van der Waals surface area contributed by atoms with E-state index in [2.05, 4.69) is 10.3 Å². The van der Waals surface area contributed by atoms with Crippen LogP contribution in [-0.4, -0.2) is 30.7 Å². The van der Waals surface area contributed by atoms with Crippen LogP contribution in [-0.2, 0) is 6.18 Å². The van der Waals surface area contributed by atoms with Crippen molar-refractivity contribution in [2.75, 3.05) is 24.5 Å². The molecule has 1 atom stereocenters. The minimum Gasteiger partial charge on any atom is -0.355 e. The molecule has 0 radical (unpaired) electrons. The molecule has 1 aromatic heterocycles. The first-order valence-electron chi connectivity index (χ1n) is 7.02. The molecule has 1 aliphatic heterocycles. The van der Waals surface area contributed by atoms with E-state index < -0.39 is 11.7 Å². The van der Waals surface area contributed by atoms with Crippen molar-refractivity contribution in [1.82, 2.24) is 10.3 Å². The second-order valence-electron chi connectivity index (χ2n) is 5.14. The zero-order valence-corrected chi connectivity index (χ0v) is 11.6. The third-order valence-corrected chi connectivity index (χ3v) is 3.49. The summed E-state index contributed by atoms with van der Waals surface area (Å²) in [6.45, 7) is 4.43. The molecular formula is C14H20F3N3. The molecule has 1 saturated heterocycles. The minimum absolute atomic E-state index is 0.345. The van der Waals surface area contributed by atoms with Crippen molar-refractivity contribution in [3.05, 3.63) is 23.9 Å². The fourth-order valence-corrected chi connectivity index (χ4v) is 2.52. The largest absolute Gasteiger partial charge is 0.416 e. The number of hydrogen-bond acceptors (Lipinski definition) is 3. The molecule has 1 fully saturated rings. The number of nitrogens with zero attached hydrogens (tertiary/aromatic N) is 2. The normalized spacial score (nSPS) is 19.3. The van der Waals surface area contributed by atoms with Crippen LogP contribution in [0.2, 0.25) is 0 Å². The van der Waals surface area contributed by atoms with Crippen LogP contribution in [0.15, 0.2) is 18.3 Å². The number of anilines is 1. The van der Waals surface area contributed by atoms with E-state index in [-0.39, 0.29) is 0 Å². The van der Waals surface area contributed by atoms with Crippen molar-refractivity contribution in [2.45, 2.75) is 38.4 Å². The van der Waals surface area contributed by atoms with Gasteiger partial charge in [0.2, 0.25) is 0 Å². The van der Waals surface area contributed by atoms with Crippen LogP contribution < -0.4 is 10.2 Å². The second kappa shape index (κ2) is 6.43. The predicted molar refractivity (Wildman–Crippen MR) is 72.8 cm³/mol. The molecule has 0 aromatic carbocycles. The van der Waals surface area contributed by atoms with Crippen molar-refractivity contribution in [1.29, 1.82) is 0 Å². The Labute approximate surface area is 117 Å². The molecule has 3 nitrogen and oxygen atoms in total. The van der Waals surface area contributed by atoms with Crippen LogP contribution >= 0.6 is 0 Å². The maximum Gasteiger partial charge on any atom is 0.416 e. The Bertz CT molecular complexity index is 428. The second-order valence-corrected chi connectivity index (χ2v) is 5.14. The van der Waals surface area contributed by atoms with E-state index in [1.807, 2.05) is 11.8 Å². The lowest BCUT2D eigenvalue weighted by Gasteiger charge is -2.27. The SMILES string of the molecule is CCCN(CC1CCCN1)c1cc(C(F)(F)F)ccn1. The maximum absolute atomic E-state index is 12.8. The monoisotopic (exact) mass is 287 g/mol. The minimum atomic E-state index is -4.32. The molecule has 112 valence electrons. The summed E-state index contributed by atoms with van der Waals surface area (Å²) in [6.07, 6.45) is -0.00541. The molecule has 2 heterocycles. The van der Waals surface area contributed by atoms with Gasteiger partial charge in [-0.15, -0.1) is 0 Å². The highest BCUT2D eigenvalue weighted by atomic mass is 19.4. The highest BCUT2D eigenvalue weighted by Crippen LogP contribution is 2.30. The van der Waals surface area contributed by atoms with Crippen LogP contribution in [0, 0.1) is 0 Å². The van der Waals surface area contributed by atoms with Gasteiger partial charge in [0.15, 0.2) is 0 Å². The van der Waals surface area contributed by atoms with Crippen LogP contribution in [0.5, 0.6) is 0 Å². The van der Waals surface area contributed by atoms with Gasteiger partial charge >= 0.3 is 6.18 Å². The summed E-state index contributed by atoms with van der Waals surface area (Å²) in [6, 6.07) is 2.50. The molecule has 6 heteroatoms. The Hall–Kier alpha value is -1.30. The summed E-state index contributed by atoms with van der Waals surface area (Å²) in [4.78, 5) is 6.05. The highest BCUT2D eigenvalue weighted by molar-refractivity contribution is 5.42. The smallest absolute Gasteiger partial charge is 0.355 e. The standard InChI is InChI=1S/C14H20F3N3/c1-2-8-20(10-12-4-3-6-18-12)13-9-11(5-7-19-13)14(15,16)17/h5,7,9,12,18H,2-4,6,8,10H2,1H3. The Morgan fingerprint density at radius 1 is 1.45 bits per heavy atom. The third kappa shape index (κ3) is 3.85. The van der Waals surface area contributed by atoms with Crippen molar-refractivity contribution >= 4 is 5.82 Å². The molecule has 1 aliphatic rings. The molecule has 1 N–H and O–H groups in total. The number of halogens is 3. The number of nitrogens with one attached hydrogen (secondary N) is 1. The summed E-state index contributed by atoms with van der Waals surface area (Å²) in [5, 5.41) is 3.37. The van der Waals surface area contributed by atoms with E-state index in [0.29, 0.717) is 24.9 Å². The zero-order valence-electron chi connectivity index (χ0n) is 11.6. The van der Waals surface area contributed by atoms with E-state index in [0.717, 1.165) is 37.9 Å². The molecule has 0 aliphatic carbocycles. The van der Waals surface area contributed by atoms with Gasteiger partial charge < -0.3 is 10.2 Å². The van der Waals surface area contributed by atoms with Crippen molar-refractivity contribution in [3.63, 3.8) is 0 Å². The van der Waals surface area contributed by atoms with Gasteiger partial charge in [-0.25, -0.2) is 4.98 Å². The fourth-order valence-electron chi connectivity index (χ4n) is 2.52. The van der Waals surface area contributed by atoms with Gasteiger partial charge in [-0.1, -0.05) is 6.92 Å². The van der Waals surface area contributed by atoms with Crippen LogP contribution in [0.25, 0.3) is 0 Å².